The van der Waals surface area contributed by atoms with E-state index in [4.69, 9.17) is 9.47 Å². The van der Waals surface area contributed by atoms with E-state index in [2.05, 4.69) is 20.6 Å². The van der Waals surface area contributed by atoms with Crippen molar-refractivity contribution in [2.24, 2.45) is 0 Å². The third-order valence-corrected chi connectivity index (χ3v) is 4.04. The van der Waals surface area contributed by atoms with E-state index in [0.717, 1.165) is 17.1 Å². The van der Waals surface area contributed by atoms with Gasteiger partial charge in [0.05, 0.1) is 13.2 Å². The second kappa shape index (κ2) is 9.54. The number of methoxy groups -OCH3 is 1. The first-order valence-corrected chi connectivity index (χ1v) is 9.31. The van der Waals surface area contributed by atoms with Crippen LogP contribution in [0.4, 0.5) is 11.5 Å². The minimum atomic E-state index is -0.315. The van der Waals surface area contributed by atoms with Crippen LogP contribution in [0.25, 0.3) is 0 Å². The highest BCUT2D eigenvalue weighted by molar-refractivity contribution is 6.03. The molecule has 3 rings (SSSR count). The Balaban J connectivity index is 1.63. The van der Waals surface area contributed by atoms with Gasteiger partial charge in [0.25, 0.3) is 5.91 Å². The van der Waals surface area contributed by atoms with Gasteiger partial charge in [-0.2, -0.15) is 0 Å². The smallest absolute Gasteiger partial charge is 0.274 e. The van der Waals surface area contributed by atoms with Crippen LogP contribution in [0.15, 0.2) is 60.9 Å². The van der Waals surface area contributed by atoms with Crippen molar-refractivity contribution in [2.45, 2.75) is 26.5 Å². The molecule has 0 unspecified atom stereocenters. The molecule has 150 valence electrons. The molecule has 1 aromatic heterocycles. The Hall–Kier alpha value is -3.61. The molecule has 3 aromatic rings. The van der Waals surface area contributed by atoms with Crippen molar-refractivity contribution < 1.29 is 14.3 Å². The number of ether oxygens (including phenoxy) is 2. The molecule has 0 aliphatic carbocycles. The first-order chi connectivity index (χ1) is 14.0. The molecular formula is C22H24N4O3. The zero-order chi connectivity index (χ0) is 20.6. The molecule has 0 aliphatic heterocycles. The monoisotopic (exact) mass is 392 g/mol. The average molecular weight is 392 g/mol. The maximum Gasteiger partial charge on any atom is 0.274 e. The van der Waals surface area contributed by atoms with Crippen molar-refractivity contribution >= 4 is 17.4 Å². The first kappa shape index (κ1) is 20.1. The van der Waals surface area contributed by atoms with Gasteiger partial charge in [-0.25, -0.2) is 9.97 Å². The van der Waals surface area contributed by atoms with Gasteiger partial charge >= 0.3 is 0 Å². The number of aromatic nitrogens is 2. The van der Waals surface area contributed by atoms with Crippen molar-refractivity contribution in [1.29, 1.82) is 0 Å². The Morgan fingerprint density at radius 2 is 1.83 bits per heavy atom. The van der Waals surface area contributed by atoms with Gasteiger partial charge in [0.15, 0.2) is 0 Å². The largest absolute Gasteiger partial charge is 0.496 e. The Morgan fingerprint density at radius 3 is 2.55 bits per heavy atom. The molecule has 1 amide bonds. The fourth-order valence-electron chi connectivity index (χ4n) is 2.70. The van der Waals surface area contributed by atoms with Crippen LogP contribution < -0.4 is 20.1 Å². The lowest BCUT2D eigenvalue weighted by Gasteiger charge is -2.11. The third-order valence-electron chi connectivity index (χ3n) is 4.04. The number of nitrogens with zero attached hydrogens (tertiary/aromatic N) is 2. The van der Waals surface area contributed by atoms with Crippen molar-refractivity contribution in [2.75, 3.05) is 17.7 Å². The summed E-state index contributed by atoms with van der Waals surface area (Å²) in [5.41, 5.74) is 1.92. The highest BCUT2D eigenvalue weighted by Crippen LogP contribution is 2.19. The highest BCUT2D eigenvalue weighted by atomic mass is 16.5. The molecule has 2 N–H and O–H groups in total. The minimum absolute atomic E-state index is 0.0956. The van der Waals surface area contributed by atoms with Crippen molar-refractivity contribution in [3.05, 3.63) is 72.2 Å². The normalized spacial score (nSPS) is 10.5. The quantitative estimate of drug-likeness (QED) is 0.599. The summed E-state index contributed by atoms with van der Waals surface area (Å²) in [6.07, 6.45) is 1.46. The molecule has 2 aromatic carbocycles. The average Bonchev–Trinajstić information content (AvgIpc) is 2.73. The number of nitrogens with one attached hydrogen (secondary N) is 2. The number of para-hydroxylation sites is 1. The molecule has 1 heterocycles. The highest BCUT2D eigenvalue weighted by Gasteiger charge is 2.10. The van der Waals surface area contributed by atoms with Crippen LogP contribution in [0.2, 0.25) is 0 Å². The van der Waals surface area contributed by atoms with E-state index in [-0.39, 0.29) is 17.7 Å². The number of benzene rings is 2. The predicted molar refractivity (Wildman–Crippen MR) is 113 cm³/mol. The Kier molecular flexibility index (Phi) is 6.63. The molecular weight excluding hydrogens is 368 g/mol. The maximum atomic E-state index is 12.5. The molecule has 7 heteroatoms. The van der Waals surface area contributed by atoms with Gasteiger partial charge < -0.3 is 20.1 Å². The van der Waals surface area contributed by atoms with Gasteiger partial charge in [-0.3, -0.25) is 4.79 Å². The molecule has 0 fully saturated rings. The van der Waals surface area contributed by atoms with Gasteiger partial charge in [-0.05, 0) is 44.2 Å². The number of rotatable bonds is 8. The molecule has 0 atom stereocenters. The van der Waals surface area contributed by atoms with Crippen molar-refractivity contribution in [1.82, 2.24) is 9.97 Å². The maximum absolute atomic E-state index is 12.5. The van der Waals surface area contributed by atoms with E-state index in [9.17, 15) is 4.79 Å². The number of anilines is 2. The summed E-state index contributed by atoms with van der Waals surface area (Å²) in [4.78, 5) is 20.8. The van der Waals surface area contributed by atoms with Crippen LogP contribution >= 0.6 is 0 Å². The lowest BCUT2D eigenvalue weighted by atomic mass is 10.2. The summed E-state index contributed by atoms with van der Waals surface area (Å²) >= 11 is 0. The second-order valence-electron chi connectivity index (χ2n) is 6.60. The fraction of sp³-hybridized carbons (Fsp3) is 0.227. The molecule has 0 aliphatic rings. The van der Waals surface area contributed by atoms with E-state index in [0.29, 0.717) is 18.1 Å². The van der Waals surface area contributed by atoms with Gasteiger partial charge in [-0.15, -0.1) is 0 Å². The van der Waals surface area contributed by atoms with Crippen LogP contribution in [0, 0.1) is 0 Å². The summed E-state index contributed by atoms with van der Waals surface area (Å²) in [5.74, 6) is 1.78. The van der Waals surface area contributed by atoms with Crippen LogP contribution in [0.5, 0.6) is 11.5 Å². The summed E-state index contributed by atoms with van der Waals surface area (Å²) in [5, 5.41) is 6.02. The third kappa shape index (κ3) is 5.68. The molecule has 7 nitrogen and oxygen atoms in total. The van der Waals surface area contributed by atoms with E-state index >= 15 is 0 Å². The Labute approximate surface area is 170 Å². The fourth-order valence-corrected chi connectivity index (χ4v) is 2.70. The number of carbonyl (C=O) groups excluding carboxylic acids is 1. The van der Waals surface area contributed by atoms with Crippen LogP contribution in [0.1, 0.15) is 29.9 Å². The predicted octanol–water partition coefficient (Wildman–Crippen LogP) is 4.14. The van der Waals surface area contributed by atoms with Gasteiger partial charge in [0, 0.05) is 23.9 Å². The van der Waals surface area contributed by atoms with Crippen LogP contribution in [0.3, 0.4) is 0 Å². The zero-order valence-electron chi connectivity index (χ0n) is 16.7. The molecule has 29 heavy (non-hydrogen) atoms. The molecule has 0 spiro atoms. The minimum Gasteiger partial charge on any atom is -0.496 e. The zero-order valence-corrected chi connectivity index (χ0v) is 16.7. The summed E-state index contributed by atoms with van der Waals surface area (Å²) in [6.45, 7) is 4.44. The molecule has 0 saturated carbocycles. The number of carbonyl (C=O) groups is 1. The second-order valence-corrected chi connectivity index (χ2v) is 6.60. The number of amides is 1. The van der Waals surface area contributed by atoms with E-state index in [1.165, 1.54) is 6.33 Å². The topological polar surface area (TPSA) is 85.4 Å². The summed E-state index contributed by atoms with van der Waals surface area (Å²) in [7, 11) is 1.63. The van der Waals surface area contributed by atoms with E-state index < -0.39 is 0 Å². The Bertz CT molecular complexity index is 958. The van der Waals surface area contributed by atoms with Gasteiger partial charge in [0.1, 0.15) is 29.3 Å². The number of hydrogen-bond donors (Lipinski definition) is 2. The lowest BCUT2D eigenvalue weighted by molar-refractivity contribution is 0.102. The Morgan fingerprint density at radius 1 is 1.07 bits per heavy atom. The van der Waals surface area contributed by atoms with Crippen LogP contribution in [-0.2, 0) is 6.54 Å². The van der Waals surface area contributed by atoms with Gasteiger partial charge in [-0.1, -0.05) is 18.2 Å². The van der Waals surface area contributed by atoms with E-state index in [1.54, 1.807) is 25.3 Å². The van der Waals surface area contributed by atoms with Crippen molar-refractivity contribution in [3.8, 4) is 11.5 Å². The lowest BCUT2D eigenvalue weighted by Crippen LogP contribution is -2.15. The summed E-state index contributed by atoms with van der Waals surface area (Å²) < 4.78 is 10.9. The number of hydrogen-bond acceptors (Lipinski definition) is 6. The molecule has 0 bridgehead atoms. The van der Waals surface area contributed by atoms with E-state index in [1.807, 2.05) is 50.2 Å². The molecule has 0 radical (unpaired) electrons. The first-order valence-electron chi connectivity index (χ1n) is 9.31. The molecule has 0 saturated heterocycles. The SMILES string of the molecule is COc1ccccc1CNc1cc(C(=O)Nc2ccc(OC(C)C)cc2)ncn1. The van der Waals surface area contributed by atoms with Gasteiger partial charge in [0.2, 0.25) is 0 Å². The van der Waals surface area contributed by atoms with Crippen molar-refractivity contribution in [3.63, 3.8) is 0 Å². The van der Waals surface area contributed by atoms with Crippen LogP contribution in [-0.4, -0.2) is 29.1 Å². The standard InChI is InChI=1S/C22H24N4O3/c1-15(2)29-18-10-8-17(9-11-18)26-22(27)19-12-21(25-14-24-19)23-13-16-6-4-5-7-20(16)28-3/h4-12,14-15H,13H2,1-3H3,(H,26,27)(H,23,24,25). The summed E-state index contributed by atoms with van der Waals surface area (Å²) in [6, 6.07) is 16.5.